The molecule has 9 nitrogen and oxygen atoms in total. The van der Waals surface area contributed by atoms with Gasteiger partial charge in [-0.3, -0.25) is 5.01 Å². The van der Waals surface area contributed by atoms with E-state index < -0.39 is 10.0 Å². The fourth-order valence-corrected chi connectivity index (χ4v) is 2.45. The summed E-state index contributed by atoms with van der Waals surface area (Å²) in [6.45, 7) is 3.48. The molecule has 1 heterocycles. The number of hydrogen-bond acceptors (Lipinski definition) is 5. The van der Waals surface area contributed by atoms with Crippen LogP contribution in [0.15, 0.2) is 44.0 Å². The number of sulfonamides is 1. The number of benzene rings is 1. The summed E-state index contributed by atoms with van der Waals surface area (Å²) in [5.74, 6) is 0. The molecule has 1 fully saturated rings. The van der Waals surface area contributed by atoms with Crippen LogP contribution in [0.1, 0.15) is 0 Å². The quantitative estimate of drug-likeness (QED) is 0.480. The zero-order valence-electron chi connectivity index (χ0n) is 11.5. The van der Waals surface area contributed by atoms with Crippen LogP contribution in [0.5, 0.6) is 0 Å². The van der Waals surface area contributed by atoms with Gasteiger partial charge in [0.05, 0.1) is 23.7 Å². The van der Waals surface area contributed by atoms with Crippen molar-refractivity contribution in [2.24, 2.45) is 14.9 Å². The first-order chi connectivity index (χ1) is 10.0. The lowest BCUT2D eigenvalue weighted by Crippen LogP contribution is -2.41. The summed E-state index contributed by atoms with van der Waals surface area (Å²) in [4.78, 5) is 4.43. The van der Waals surface area contributed by atoms with Crippen LogP contribution in [-0.2, 0) is 10.0 Å². The van der Waals surface area contributed by atoms with Gasteiger partial charge in [0, 0.05) is 22.5 Å². The first kappa shape index (κ1) is 15.2. The minimum atomic E-state index is -3.95. The number of nitrogens with zero attached hydrogens (tertiary/aromatic N) is 7. The Morgan fingerprint density at radius 1 is 1.14 bits per heavy atom. The molecule has 0 bridgehead atoms. The van der Waals surface area contributed by atoms with E-state index in [1.807, 2.05) is 5.01 Å². The van der Waals surface area contributed by atoms with Crippen LogP contribution in [0.4, 0.5) is 5.69 Å². The largest absolute Gasteiger partial charge is 0.303 e. The van der Waals surface area contributed by atoms with Gasteiger partial charge in [0.2, 0.25) is 0 Å². The molecular weight excluding hydrogens is 294 g/mol. The van der Waals surface area contributed by atoms with Crippen LogP contribution < -0.4 is 0 Å². The van der Waals surface area contributed by atoms with E-state index in [0.717, 1.165) is 26.2 Å². The number of likely N-dealkylation sites (N-methyl/N-ethyl adjacent to an activating group) is 1. The Labute approximate surface area is 122 Å². The van der Waals surface area contributed by atoms with Crippen LogP contribution in [0.25, 0.3) is 10.4 Å². The predicted molar refractivity (Wildman–Crippen MR) is 76.4 cm³/mol. The normalized spacial score (nSPS) is 16.9. The highest BCUT2D eigenvalue weighted by Gasteiger charge is 2.12. The van der Waals surface area contributed by atoms with E-state index >= 15 is 0 Å². The second-order valence-electron chi connectivity index (χ2n) is 4.59. The summed E-state index contributed by atoms with van der Waals surface area (Å²) in [6.07, 6.45) is 0. The summed E-state index contributed by atoms with van der Waals surface area (Å²) in [5.41, 5.74) is 8.74. The zero-order chi connectivity index (χ0) is 15.3. The minimum Gasteiger partial charge on any atom is -0.303 e. The van der Waals surface area contributed by atoms with Crippen molar-refractivity contribution in [1.82, 2.24) is 9.91 Å². The van der Waals surface area contributed by atoms with Gasteiger partial charge in [-0.15, -0.1) is 5.11 Å². The van der Waals surface area contributed by atoms with Gasteiger partial charge in [-0.1, -0.05) is 5.22 Å². The van der Waals surface area contributed by atoms with Gasteiger partial charge < -0.3 is 4.90 Å². The van der Waals surface area contributed by atoms with E-state index in [9.17, 15) is 8.42 Å². The molecule has 21 heavy (non-hydrogen) atoms. The molecule has 0 atom stereocenters. The number of azide groups is 1. The lowest BCUT2D eigenvalue weighted by atomic mass is 10.3. The van der Waals surface area contributed by atoms with Crippen LogP contribution in [0, 0.1) is 0 Å². The monoisotopic (exact) mass is 309 g/mol. The van der Waals surface area contributed by atoms with Gasteiger partial charge in [0.25, 0.3) is 10.0 Å². The zero-order valence-corrected chi connectivity index (χ0v) is 12.3. The van der Waals surface area contributed by atoms with Gasteiger partial charge in [-0.25, -0.2) is 8.42 Å². The van der Waals surface area contributed by atoms with E-state index in [2.05, 4.69) is 31.7 Å². The predicted octanol–water partition coefficient (Wildman–Crippen LogP) is 1.93. The average molecular weight is 309 g/mol. The molecule has 1 saturated heterocycles. The van der Waals surface area contributed by atoms with Crippen molar-refractivity contribution >= 4 is 15.7 Å². The fourth-order valence-electron chi connectivity index (χ4n) is 1.78. The summed E-state index contributed by atoms with van der Waals surface area (Å²) in [7, 11) is -1.90. The molecule has 0 amide bonds. The second kappa shape index (κ2) is 6.53. The molecule has 0 aliphatic carbocycles. The van der Waals surface area contributed by atoms with E-state index in [-0.39, 0.29) is 4.90 Å². The number of piperazine rings is 1. The Hall–Kier alpha value is -2.16. The van der Waals surface area contributed by atoms with Crippen LogP contribution in [0.2, 0.25) is 0 Å². The third-order valence-electron chi connectivity index (χ3n) is 3.04. The summed E-state index contributed by atoms with van der Waals surface area (Å²) >= 11 is 0. The topological polar surface area (TPSA) is 114 Å². The Morgan fingerprint density at radius 3 is 2.33 bits per heavy atom. The number of hydrogen-bond donors (Lipinski definition) is 0. The van der Waals surface area contributed by atoms with Crippen molar-refractivity contribution in [1.29, 1.82) is 0 Å². The molecule has 1 aliphatic rings. The fraction of sp³-hybridized carbons (Fsp3) is 0.455. The molecule has 112 valence electrons. The molecule has 1 aromatic rings. The number of rotatable bonds is 4. The maximum absolute atomic E-state index is 11.5. The molecule has 1 aliphatic heterocycles. The summed E-state index contributed by atoms with van der Waals surface area (Å²) in [6, 6.07) is 5.70. The smallest absolute Gasteiger partial charge is 0.264 e. The van der Waals surface area contributed by atoms with Crippen LogP contribution in [-0.4, -0.2) is 51.6 Å². The highest BCUT2D eigenvalue weighted by molar-refractivity contribution is 7.90. The SMILES string of the molecule is CN1CCN(N=Nc2ccc(S(=O)(=O)N=[N+]=[N-])cc2)CC1. The molecule has 0 spiro atoms. The maximum atomic E-state index is 11.5. The Balaban J connectivity index is 2.04. The molecule has 0 aromatic heterocycles. The van der Waals surface area contributed by atoms with Gasteiger partial charge in [0.15, 0.2) is 0 Å². The maximum Gasteiger partial charge on any atom is 0.264 e. The summed E-state index contributed by atoms with van der Waals surface area (Å²) < 4.78 is 25.8. The third kappa shape index (κ3) is 4.15. The van der Waals surface area contributed by atoms with E-state index in [1.165, 1.54) is 24.3 Å². The van der Waals surface area contributed by atoms with Gasteiger partial charge in [0.1, 0.15) is 0 Å². The molecule has 0 N–H and O–H groups in total. The van der Waals surface area contributed by atoms with Crippen molar-refractivity contribution in [3.05, 3.63) is 34.7 Å². The third-order valence-corrected chi connectivity index (χ3v) is 4.20. The first-order valence-electron chi connectivity index (χ1n) is 6.28. The van der Waals surface area contributed by atoms with Crippen molar-refractivity contribution in [3.8, 4) is 0 Å². The first-order valence-corrected chi connectivity index (χ1v) is 7.72. The van der Waals surface area contributed by atoms with E-state index in [4.69, 9.17) is 5.53 Å². The van der Waals surface area contributed by atoms with Gasteiger partial charge in [-0.05, 0) is 36.8 Å². The lowest BCUT2D eigenvalue weighted by molar-refractivity contribution is 0.150. The van der Waals surface area contributed by atoms with Crippen molar-refractivity contribution in [3.63, 3.8) is 0 Å². The van der Waals surface area contributed by atoms with Crippen LogP contribution in [0.3, 0.4) is 0 Å². The Kier molecular flexibility index (Phi) is 4.73. The molecule has 2 rings (SSSR count). The van der Waals surface area contributed by atoms with Crippen molar-refractivity contribution in [2.45, 2.75) is 4.90 Å². The molecular formula is C11H15N7O2S. The van der Waals surface area contributed by atoms with Gasteiger partial charge in [-0.2, -0.15) is 0 Å². The standard InChI is InChI=1S/C11H15N7O2S/c1-17-6-8-18(9-7-17)15-13-10-2-4-11(5-3-10)21(19,20)16-14-12/h2-5H,6-9H2,1H3. The average Bonchev–Trinajstić information content (AvgIpc) is 2.47. The van der Waals surface area contributed by atoms with Crippen molar-refractivity contribution < 1.29 is 8.42 Å². The Bertz CT molecular complexity index is 656. The highest BCUT2D eigenvalue weighted by Crippen LogP contribution is 2.19. The van der Waals surface area contributed by atoms with Crippen molar-refractivity contribution in [2.75, 3.05) is 33.2 Å². The van der Waals surface area contributed by atoms with E-state index in [0.29, 0.717) is 5.69 Å². The molecule has 0 saturated carbocycles. The lowest BCUT2D eigenvalue weighted by Gasteiger charge is -2.29. The minimum absolute atomic E-state index is 0.0705. The second-order valence-corrected chi connectivity index (χ2v) is 6.17. The van der Waals surface area contributed by atoms with Crippen LogP contribution >= 0.6 is 0 Å². The van der Waals surface area contributed by atoms with E-state index in [1.54, 1.807) is 0 Å². The summed E-state index contributed by atoms with van der Waals surface area (Å²) in [5, 5.41) is 10.0. The highest BCUT2D eigenvalue weighted by atomic mass is 32.2. The van der Waals surface area contributed by atoms with Gasteiger partial charge >= 0.3 is 0 Å². The molecule has 1 aromatic carbocycles. The Morgan fingerprint density at radius 2 is 1.76 bits per heavy atom. The molecule has 10 heteroatoms. The molecule has 0 unspecified atom stereocenters. The molecule has 0 radical (unpaired) electrons.